The molecular formula is C13H15NO4. The summed E-state index contributed by atoms with van der Waals surface area (Å²) in [5.74, 6) is 0.473. The molecule has 0 radical (unpaired) electrons. The average Bonchev–Trinajstić information content (AvgIpc) is 2.38. The second kappa shape index (κ2) is 6.50. The molecule has 0 N–H and O–H groups in total. The molecule has 0 atom stereocenters. The van der Waals surface area contributed by atoms with Gasteiger partial charge in [-0.2, -0.15) is 5.26 Å². The van der Waals surface area contributed by atoms with Crippen LogP contribution in [0.15, 0.2) is 12.1 Å². The summed E-state index contributed by atoms with van der Waals surface area (Å²) in [5.41, 5.74) is 0.860. The minimum absolute atomic E-state index is 0.0168. The summed E-state index contributed by atoms with van der Waals surface area (Å²) in [5, 5.41) is 9.05. The first-order chi connectivity index (χ1) is 8.67. The first-order valence-electron chi connectivity index (χ1n) is 5.47. The largest absolute Gasteiger partial charge is 0.493 e. The van der Waals surface area contributed by atoms with E-state index in [2.05, 4.69) is 0 Å². The van der Waals surface area contributed by atoms with Gasteiger partial charge in [0, 0.05) is 5.56 Å². The molecule has 0 unspecified atom stereocenters. The van der Waals surface area contributed by atoms with Gasteiger partial charge in [0.25, 0.3) is 0 Å². The van der Waals surface area contributed by atoms with Crippen molar-refractivity contribution in [1.29, 1.82) is 5.26 Å². The van der Waals surface area contributed by atoms with Gasteiger partial charge in [0.15, 0.2) is 11.5 Å². The number of hydrogen-bond acceptors (Lipinski definition) is 5. The number of hydrogen-bond donors (Lipinski definition) is 0. The molecular weight excluding hydrogens is 234 g/mol. The number of ether oxygens (including phenoxy) is 3. The SMILES string of the molecule is CCOC(=O)Cc1c(C#N)ccc(OC)c1OC. The molecule has 5 nitrogen and oxygen atoms in total. The third-order valence-electron chi connectivity index (χ3n) is 2.40. The van der Waals surface area contributed by atoms with Gasteiger partial charge in [0.05, 0.1) is 38.9 Å². The molecule has 96 valence electrons. The summed E-state index contributed by atoms with van der Waals surface area (Å²) < 4.78 is 15.2. The maximum Gasteiger partial charge on any atom is 0.310 e. The van der Waals surface area contributed by atoms with Crippen LogP contribution in [0.5, 0.6) is 11.5 Å². The highest BCUT2D eigenvalue weighted by molar-refractivity contribution is 5.75. The Bertz CT molecular complexity index is 477. The van der Waals surface area contributed by atoms with Crippen molar-refractivity contribution in [2.24, 2.45) is 0 Å². The fourth-order valence-corrected chi connectivity index (χ4v) is 1.63. The number of nitriles is 1. The van der Waals surface area contributed by atoms with Crippen molar-refractivity contribution in [3.05, 3.63) is 23.3 Å². The van der Waals surface area contributed by atoms with Gasteiger partial charge >= 0.3 is 5.97 Å². The van der Waals surface area contributed by atoms with E-state index >= 15 is 0 Å². The van der Waals surface area contributed by atoms with E-state index in [-0.39, 0.29) is 6.42 Å². The highest BCUT2D eigenvalue weighted by atomic mass is 16.5. The Kier molecular flexibility index (Phi) is 5.00. The van der Waals surface area contributed by atoms with E-state index in [1.807, 2.05) is 6.07 Å². The van der Waals surface area contributed by atoms with E-state index in [4.69, 9.17) is 19.5 Å². The summed E-state index contributed by atoms with van der Waals surface area (Å²) in [7, 11) is 2.96. The summed E-state index contributed by atoms with van der Waals surface area (Å²) in [6, 6.07) is 5.25. The molecule has 0 heterocycles. The fraction of sp³-hybridized carbons (Fsp3) is 0.385. The Morgan fingerprint density at radius 1 is 1.33 bits per heavy atom. The lowest BCUT2D eigenvalue weighted by Crippen LogP contribution is -2.10. The average molecular weight is 249 g/mol. The zero-order valence-corrected chi connectivity index (χ0v) is 10.6. The monoisotopic (exact) mass is 249 g/mol. The van der Waals surface area contributed by atoms with Crippen LogP contribution in [0.3, 0.4) is 0 Å². The topological polar surface area (TPSA) is 68.6 Å². The van der Waals surface area contributed by atoms with Crippen LogP contribution in [0.25, 0.3) is 0 Å². The minimum atomic E-state index is -0.402. The number of carbonyl (C=O) groups excluding carboxylic acids is 1. The number of methoxy groups -OCH3 is 2. The third kappa shape index (κ3) is 2.92. The molecule has 0 aliphatic carbocycles. The van der Waals surface area contributed by atoms with Gasteiger partial charge < -0.3 is 14.2 Å². The highest BCUT2D eigenvalue weighted by Crippen LogP contribution is 2.33. The Balaban J connectivity index is 3.20. The maximum atomic E-state index is 11.5. The molecule has 0 spiro atoms. The maximum absolute atomic E-state index is 11.5. The quantitative estimate of drug-likeness (QED) is 0.742. The van der Waals surface area contributed by atoms with Crippen molar-refractivity contribution in [3.8, 4) is 17.6 Å². The molecule has 5 heteroatoms. The Morgan fingerprint density at radius 3 is 2.56 bits per heavy atom. The van der Waals surface area contributed by atoms with Crippen LogP contribution >= 0.6 is 0 Å². The number of nitrogens with zero attached hydrogens (tertiary/aromatic N) is 1. The molecule has 0 amide bonds. The van der Waals surface area contributed by atoms with Crippen molar-refractivity contribution < 1.29 is 19.0 Å². The van der Waals surface area contributed by atoms with Crippen molar-refractivity contribution in [3.63, 3.8) is 0 Å². The van der Waals surface area contributed by atoms with Gasteiger partial charge in [-0.05, 0) is 19.1 Å². The molecule has 0 bridgehead atoms. The second-order valence-corrected chi connectivity index (χ2v) is 3.42. The van der Waals surface area contributed by atoms with Crippen molar-refractivity contribution in [2.45, 2.75) is 13.3 Å². The van der Waals surface area contributed by atoms with Crippen LogP contribution < -0.4 is 9.47 Å². The molecule has 1 aromatic rings. The molecule has 0 fully saturated rings. The molecule has 1 aromatic carbocycles. The first kappa shape index (κ1) is 13.8. The third-order valence-corrected chi connectivity index (χ3v) is 2.40. The molecule has 0 aromatic heterocycles. The van der Waals surface area contributed by atoms with Crippen LogP contribution in [-0.2, 0) is 16.0 Å². The minimum Gasteiger partial charge on any atom is -0.493 e. The fourth-order valence-electron chi connectivity index (χ4n) is 1.63. The second-order valence-electron chi connectivity index (χ2n) is 3.42. The molecule has 0 saturated heterocycles. The normalized spacial score (nSPS) is 9.44. The first-order valence-corrected chi connectivity index (χ1v) is 5.47. The van der Waals surface area contributed by atoms with E-state index in [1.165, 1.54) is 14.2 Å². The van der Waals surface area contributed by atoms with Crippen LogP contribution in [0.4, 0.5) is 0 Å². The van der Waals surface area contributed by atoms with E-state index in [9.17, 15) is 4.79 Å². The van der Waals surface area contributed by atoms with E-state index in [0.717, 1.165) is 0 Å². The lowest BCUT2D eigenvalue weighted by molar-refractivity contribution is -0.142. The lowest BCUT2D eigenvalue weighted by Gasteiger charge is -2.13. The van der Waals surface area contributed by atoms with E-state index < -0.39 is 5.97 Å². The van der Waals surface area contributed by atoms with Crippen molar-refractivity contribution in [1.82, 2.24) is 0 Å². The number of esters is 1. The Morgan fingerprint density at radius 2 is 2.06 bits per heavy atom. The van der Waals surface area contributed by atoms with Gasteiger partial charge in [-0.3, -0.25) is 4.79 Å². The molecule has 0 aliphatic heterocycles. The summed E-state index contributed by atoms with van der Waals surface area (Å²) in [6.07, 6.45) is -0.0168. The predicted octanol–water partition coefficient (Wildman–Crippen LogP) is 1.68. The number of carbonyl (C=O) groups is 1. The smallest absolute Gasteiger partial charge is 0.310 e. The van der Waals surface area contributed by atoms with Gasteiger partial charge in [0.1, 0.15) is 0 Å². The number of benzene rings is 1. The molecule has 1 rings (SSSR count). The van der Waals surface area contributed by atoms with E-state index in [1.54, 1.807) is 19.1 Å². The zero-order chi connectivity index (χ0) is 13.5. The van der Waals surface area contributed by atoms with Crippen molar-refractivity contribution in [2.75, 3.05) is 20.8 Å². The summed E-state index contributed by atoms with van der Waals surface area (Å²) >= 11 is 0. The molecule has 0 aliphatic rings. The Hall–Kier alpha value is -2.22. The Labute approximate surface area is 106 Å². The van der Waals surface area contributed by atoms with Gasteiger partial charge in [-0.25, -0.2) is 0 Å². The predicted molar refractivity (Wildman–Crippen MR) is 64.6 cm³/mol. The van der Waals surface area contributed by atoms with Gasteiger partial charge in [-0.1, -0.05) is 0 Å². The summed E-state index contributed by atoms with van der Waals surface area (Å²) in [6.45, 7) is 2.03. The molecule has 18 heavy (non-hydrogen) atoms. The standard InChI is InChI=1S/C13H15NO4/c1-4-18-12(15)7-10-9(8-14)5-6-11(16-2)13(10)17-3/h5-6H,4,7H2,1-3H3. The van der Waals surface area contributed by atoms with Crippen LogP contribution in [0.1, 0.15) is 18.1 Å². The highest BCUT2D eigenvalue weighted by Gasteiger charge is 2.18. The van der Waals surface area contributed by atoms with Crippen LogP contribution in [-0.4, -0.2) is 26.8 Å². The van der Waals surface area contributed by atoms with Crippen molar-refractivity contribution >= 4 is 5.97 Å². The summed E-state index contributed by atoms with van der Waals surface area (Å²) in [4.78, 5) is 11.5. The van der Waals surface area contributed by atoms with Gasteiger partial charge in [0.2, 0.25) is 0 Å². The number of rotatable bonds is 5. The van der Waals surface area contributed by atoms with Crippen LogP contribution in [0, 0.1) is 11.3 Å². The zero-order valence-electron chi connectivity index (χ0n) is 10.6. The lowest BCUT2D eigenvalue weighted by atomic mass is 10.0. The van der Waals surface area contributed by atoms with E-state index in [0.29, 0.717) is 29.2 Å². The van der Waals surface area contributed by atoms with Gasteiger partial charge in [-0.15, -0.1) is 0 Å². The molecule has 0 saturated carbocycles. The van der Waals surface area contributed by atoms with Crippen LogP contribution in [0.2, 0.25) is 0 Å².